The molecule has 0 aliphatic heterocycles. The quantitative estimate of drug-likeness (QED) is 0.816. The van der Waals surface area contributed by atoms with Gasteiger partial charge in [-0.2, -0.15) is 0 Å². The van der Waals surface area contributed by atoms with Crippen LogP contribution in [-0.4, -0.2) is 0 Å². The fourth-order valence-corrected chi connectivity index (χ4v) is 2.37. The number of hydrogen-bond donors (Lipinski definition) is 1. The average molecular weight is 251 g/mol. The van der Waals surface area contributed by atoms with E-state index in [0.29, 0.717) is 0 Å². The van der Waals surface area contributed by atoms with Crippen LogP contribution in [-0.2, 0) is 0 Å². The van der Waals surface area contributed by atoms with Gasteiger partial charge in [0, 0.05) is 10.6 Å². The maximum absolute atomic E-state index is 13.6. The lowest BCUT2D eigenvalue weighted by Crippen LogP contribution is -1.93. The Balaban J connectivity index is 2.40. The zero-order chi connectivity index (χ0) is 12.4. The van der Waals surface area contributed by atoms with Crippen molar-refractivity contribution < 1.29 is 8.78 Å². The van der Waals surface area contributed by atoms with Crippen LogP contribution in [0.1, 0.15) is 5.56 Å². The number of benzene rings is 2. The fourth-order valence-electron chi connectivity index (χ4n) is 1.46. The van der Waals surface area contributed by atoms with E-state index in [1.807, 2.05) is 31.2 Å². The molecule has 0 aliphatic carbocycles. The van der Waals surface area contributed by atoms with Crippen molar-refractivity contribution >= 4 is 17.4 Å². The number of nitrogens with two attached hydrogens (primary N) is 1. The molecule has 1 nitrogen and oxygen atoms in total. The Hall–Kier alpha value is -1.55. The molecule has 0 aliphatic rings. The molecule has 4 heteroatoms. The topological polar surface area (TPSA) is 26.0 Å². The molecular formula is C13H11F2NS. The van der Waals surface area contributed by atoms with E-state index in [4.69, 9.17) is 5.73 Å². The summed E-state index contributed by atoms with van der Waals surface area (Å²) in [6.45, 7) is 1.90. The van der Waals surface area contributed by atoms with E-state index < -0.39 is 11.6 Å². The summed E-state index contributed by atoms with van der Waals surface area (Å²) >= 11 is 1.07. The van der Waals surface area contributed by atoms with Crippen LogP contribution in [0.25, 0.3) is 0 Å². The summed E-state index contributed by atoms with van der Waals surface area (Å²) in [5, 5.41) is 0. The lowest BCUT2D eigenvalue weighted by molar-refractivity contribution is 0.542. The first-order valence-corrected chi connectivity index (χ1v) is 5.87. The Morgan fingerprint density at radius 3 is 2.24 bits per heavy atom. The van der Waals surface area contributed by atoms with Gasteiger partial charge in [0.25, 0.3) is 0 Å². The smallest absolute Gasteiger partial charge is 0.142 e. The monoisotopic (exact) mass is 251 g/mol. The number of nitrogen functional groups attached to an aromatic ring is 1. The minimum Gasteiger partial charge on any atom is -0.399 e. The van der Waals surface area contributed by atoms with E-state index in [1.54, 1.807) is 0 Å². The number of anilines is 1. The molecule has 2 aromatic carbocycles. The van der Waals surface area contributed by atoms with Gasteiger partial charge in [0.15, 0.2) is 0 Å². The van der Waals surface area contributed by atoms with Gasteiger partial charge < -0.3 is 5.73 Å². The summed E-state index contributed by atoms with van der Waals surface area (Å²) in [6.07, 6.45) is 0. The van der Waals surface area contributed by atoms with Crippen LogP contribution < -0.4 is 5.73 Å². The van der Waals surface area contributed by atoms with Gasteiger partial charge in [-0.15, -0.1) is 0 Å². The van der Waals surface area contributed by atoms with Crippen LogP contribution in [0.2, 0.25) is 0 Å². The standard InChI is InChI=1S/C13H11F2NS/c1-8-4-2-3-5-12(8)17-13-10(14)6-9(16)7-11(13)15/h2-7H,16H2,1H3. The van der Waals surface area contributed by atoms with Crippen molar-refractivity contribution in [2.24, 2.45) is 0 Å². The molecule has 17 heavy (non-hydrogen) atoms. The molecule has 0 atom stereocenters. The van der Waals surface area contributed by atoms with Gasteiger partial charge in [0.1, 0.15) is 11.6 Å². The molecule has 2 aromatic rings. The third-order valence-electron chi connectivity index (χ3n) is 2.33. The summed E-state index contributed by atoms with van der Waals surface area (Å²) in [5.41, 5.74) is 6.43. The van der Waals surface area contributed by atoms with E-state index in [9.17, 15) is 8.78 Å². The molecule has 0 unspecified atom stereocenters. The molecule has 2 rings (SSSR count). The molecule has 2 N–H and O–H groups in total. The van der Waals surface area contributed by atoms with E-state index in [2.05, 4.69) is 0 Å². The lowest BCUT2D eigenvalue weighted by atomic mass is 10.2. The lowest BCUT2D eigenvalue weighted by Gasteiger charge is -2.08. The van der Waals surface area contributed by atoms with Crippen LogP contribution >= 0.6 is 11.8 Å². The van der Waals surface area contributed by atoms with Crippen molar-refractivity contribution in [3.05, 3.63) is 53.6 Å². The predicted molar refractivity (Wildman–Crippen MR) is 66.1 cm³/mol. The molecule has 0 aromatic heterocycles. The normalized spacial score (nSPS) is 10.5. The van der Waals surface area contributed by atoms with Gasteiger partial charge in [-0.1, -0.05) is 30.0 Å². The molecular weight excluding hydrogens is 240 g/mol. The zero-order valence-corrected chi connectivity index (χ0v) is 10.0. The minimum atomic E-state index is -0.629. The van der Waals surface area contributed by atoms with Gasteiger partial charge >= 0.3 is 0 Å². The highest BCUT2D eigenvalue weighted by atomic mass is 32.2. The molecule has 0 radical (unpaired) electrons. The summed E-state index contributed by atoms with van der Waals surface area (Å²) in [4.78, 5) is 0.809. The average Bonchev–Trinajstić information content (AvgIpc) is 2.25. The second kappa shape index (κ2) is 4.75. The Morgan fingerprint density at radius 2 is 1.65 bits per heavy atom. The third kappa shape index (κ3) is 2.58. The minimum absolute atomic E-state index is 0.0199. The van der Waals surface area contributed by atoms with Gasteiger partial charge in [0.05, 0.1) is 4.90 Å². The SMILES string of the molecule is Cc1ccccc1Sc1c(F)cc(N)cc1F. The van der Waals surface area contributed by atoms with Crippen molar-refractivity contribution in [1.29, 1.82) is 0 Å². The maximum Gasteiger partial charge on any atom is 0.142 e. The Labute approximate surface area is 103 Å². The summed E-state index contributed by atoms with van der Waals surface area (Å²) in [7, 11) is 0. The first kappa shape index (κ1) is 11.9. The summed E-state index contributed by atoms with van der Waals surface area (Å²) in [5.74, 6) is -1.26. The molecule has 0 bridgehead atoms. The molecule has 0 saturated heterocycles. The highest BCUT2D eigenvalue weighted by Gasteiger charge is 2.12. The summed E-state index contributed by atoms with van der Waals surface area (Å²) < 4.78 is 27.2. The van der Waals surface area contributed by atoms with E-state index in [1.165, 1.54) is 0 Å². The van der Waals surface area contributed by atoms with E-state index in [0.717, 1.165) is 34.4 Å². The van der Waals surface area contributed by atoms with E-state index in [-0.39, 0.29) is 10.6 Å². The van der Waals surface area contributed by atoms with Crippen LogP contribution in [0.5, 0.6) is 0 Å². The Bertz CT molecular complexity index is 532. The summed E-state index contributed by atoms with van der Waals surface area (Å²) in [6, 6.07) is 9.70. The van der Waals surface area contributed by atoms with Crippen molar-refractivity contribution in [2.75, 3.05) is 5.73 Å². The highest BCUT2D eigenvalue weighted by molar-refractivity contribution is 7.99. The number of aryl methyl sites for hydroxylation is 1. The Morgan fingerprint density at radius 1 is 1.06 bits per heavy atom. The molecule has 88 valence electrons. The molecule has 0 saturated carbocycles. The van der Waals surface area contributed by atoms with Crippen molar-refractivity contribution in [3.8, 4) is 0 Å². The van der Waals surface area contributed by atoms with Crippen LogP contribution in [0.3, 0.4) is 0 Å². The zero-order valence-electron chi connectivity index (χ0n) is 9.21. The number of halogens is 2. The maximum atomic E-state index is 13.6. The number of hydrogen-bond acceptors (Lipinski definition) is 2. The first-order valence-electron chi connectivity index (χ1n) is 5.06. The second-order valence-corrected chi connectivity index (χ2v) is 4.73. The Kier molecular flexibility index (Phi) is 3.33. The van der Waals surface area contributed by atoms with Crippen LogP contribution in [0.4, 0.5) is 14.5 Å². The van der Waals surface area contributed by atoms with Gasteiger partial charge in [-0.3, -0.25) is 0 Å². The highest BCUT2D eigenvalue weighted by Crippen LogP contribution is 2.34. The van der Waals surface area contributed by atoms with Crippen LogP contribution in [0, 0.1) is 18.6 Å². The first-order chi connectivity index (χ1) is 8.08. The molecule has 0 spiro atoms. The van der Waals surface area contributed by atoms with Crippen molar-refractivity contribution in [2.45, 2.75) is 16.7 Å². The molecule has 0 heterocycles. The van der Waals surface area contributed by atoms with Crippen molar-refractivity contribution in [3.63, 3.8) is 0 Å². The van der Waals surface area contributed by atoms with Gasteiger partial charge in [-0.25, -0.2) is 8.78 Å². The van der Waals surface area contributed by atoms with Gasteiger partial charge in [0.2, 0.25) is 0 Å². The van der Waals surface area contributed by atoms with Crippen LogP contribution in [0.15, 0.2) is 46.2 Å². The largest absolute Gasteiger partial charge is 0.399 e. The van der Waals surface area contributed by atoms with E-state index >= 15 is 0 Å². The molecule has 0 amide bonds. The third-order valence-corrected chi connectivity index (χ3v) is 3.60. The molecule has 0 fully saturated rings. The number of rotatable bonds is 2. The second-order valence-electron chi connectivity index (χ2n) is 3.68. The predicted octanol–water partition coefficient (Wildman–Crippen LogP) is 4.01. The fraction of sp³-hybridized carbons (Fsp3) is 0.0769. The van der Waals surface area contributed by atoms with Gasteiger partial charge in [-0.05, 0) is 30.7 Å². The van der Waals surface area contributed by atoms with Crippen molar-refractivity contribution in [1.82, 2.24) is 0 Å².